The number of ether oxygens (including phenoxy) is 1. The summed E-state index contributed by atoms with van der Waals surface area (Å²) in [6.07, 6.45) is 0.692. The lowest BCUT2D eigenvalue weighted by atomic mass is 10.1. The fourth-order valence-corrected chi connectivity index (χ4v) is 2.01. The Morgan fingerprint density at radius 3 is 2.81 bits per heavy atom. The summed E-state index contributed by atoms with van der Waals surface area (Å²) in [6, 6.07) is 9.92. The first kappa shape index (κ1) is 15.0. The van der Waals surface area contributed by atoms with Crippen LogP contribution in [-0.4, -0.2) is 24.6 Å². The number of anilines is 1. The molecule has 110 valence electrons. The highest BCUT2D eigenvalue weighted by Gasteiger charge is 2.10. The van der Waals surface area contributed by atoms with Gasteiger partial charge in [0, 0.05) is 6.54 Å². The molecule has 0 atom stereocenters. The van der Waals surface area contributed by atoms with Crippen molar-refractivity contribution in [2.75, 3.05) is 19.0 Å². The van der Waals surface area contributed by atoms with Gasteiger partial charge in [0.2, 0.25) is 0 Å². The molecule has 4 nitrogen and oxygen atoms in total. The Morgan fingerprint density at radius 1 is 1.33 bits per heavy atom. The average Bonchev–Trinajstić information content (AvgIpc) is 2.47. The number of aryl methyl sites for hydroxylation is 1. The smallest absolute Gasteiger partial charge is 0.339 e. The molecular weight excluding hydrogens is 271 g/mol. The first-order valence-corrected chi connectivity index (χ1v) is 6.64. The van der Waals surface area contributed by atoms with Crippen LogP contribution in [0.2, 0.25) is 0 Å². The summed E-state index contributed by atoms with van der Waals surface area (Å²) in [5.74, 6) is 0.0479. The van der Waals surface area contributed by atoms with Crippen molar-refractivity contribution in [1.29, 1.82) is 0 Å². The molecule has 0 unspecified atom stereocenters. The van der Waals surface area contributed by atoms with E-state index in [1.165, 1.54) is 19.2 Å². The van der Waals surface area contributed by atoms with Crippen LogP contribution in [0.15, 0.2) is 36.4 Å². The van der Waals surface area contributed by atoms with Gasteiger partial charge in [0.15, 0.2) is 0 Å². The molecule has 0 aliphatic carbocycles. The predicted octanol–water partition coefficient (Wildman–Crippen LogP) is 2.97. The van der Waals surface area contributed by atoms with E-state index in [0.717, 1.165) is 5.56 Å². The predicted molar refractivity (Wildman–Crippen MR) is 78.9 cm³/mol. The number of nitrogens with zero attached hydrogens (tertiary/aromatic N) is 1. The van der Waals surface area contributed by atoms with Crippen LogP contribution in [0.3, 0.4) is 0 Å². The standard InChI is InChI=1S/C16H17FN2O2/c1-11-14(16(20)21-2)6-7-15(19-11)18-9-8-12-4-3-5-13(17)10-12/h3-7,10H,8-9H2,1-2H3,(H,18,19). The van der Waals surface area contributed by atoms with Gasteiger partial charge < -0.3 is 10.1 Å². The van der Waals surface area contributed by atoms with Crippen LogP contribution < -0.4 is 5.32 Å². The maximum atomic E-state index is 13.0. The molecule has 0 spiro atoms. The van der Waals surface area contributed by atoms with E-state index in [9.17, 15) is 9.18 Å². The Bertz CT molecular complexity index is 644. The topological polar surface area (TPSA) is 51.2 Å². The van der Waals surface area contributed by atoms with E-state index < -0.39 is 5.97 Å². The molecule has 1 N–H and O–H groups in total. The highest BCUT2D eigenvalue weighted by atomic mass is 19.1. The first-order chi connectivity index (χ1) is 10.1. The molecule has 2 aromatic rings. The number of rotatable bonds is 5. The maximum Gasteiger partial charge on any atom is 0.339 e. The Morgan fingerprint density at radius 2 is 2.14 bits per heavy atom. The van der Waals surface area contributed by atoms with E-state index in [0.29, 0.717) is 30.0 Å². The summed E-state index contributed by atoms with van der Waals surface area (Å²) in [5.41, 5.74) is 1.98. The fourth-order valence-electron chi connectivity index (χ4n) is 2.01. The summed E-state index contributed by atoms with van der Waals surface area (Å²) in [4.78, 5) is 15.8. The number of aromatic nitrogens is 1. The molecule has 0 aliphatic heterocycles. The Labute approximate surface area is 123 Å². The molecule has 5 heteroatoms. The Hall–Kier alpha value is -2.43. The third kappa shape index (κ3) is 4.02. The summed E-state index contributed by atoms with van der Waals surface area (Å²) in [7, 11) is 1.34. The number of methoxy groups -OCH3 is 1. The third-order valence-electron chi connectivity index (χ3n) is 3.10. The van der Waals surface area contributed by atoms with E-state index in [4.69, 9.17) is 0 Å². The maximum absolute atomic E-state index is 13.0. The van der Waals surface area contributed by atoms with E-state index in [-0.39, 0.29) is 5.82 Å². The molecule has 1 aromatic carbocycles. The lowest BCUT2D eigenvalue weighted by molar-refractivity contribution is 0.0599. The van der Waals surface area contributed by atoms with Crippen LogP contribution in [0.25, 0.3) is 0 Å². The van der Waals surface area contributed by atoms with Gasteiger partial charge in [0.25, 0.3) is 0 Å². The van der Waals surface area contributed by atoms with Crippen LogP contribution in [0.1, 0.15) is 21.6 Å². The van der Waals surface area contributed by atoms with Gasteiger partial charge in [-0.05, 0) is 43.2 Å². The van der Waals surface area contributed by atoms with E-state index >= 15 is 0 Å². The second kappa shape index (κ2) is 6.83. The van der Waals surface area contributed by atoms with Crippen molar-refractivity contribution in [3.8, 4) is 0 Å². The summed E-state index contributed by atoms with van der Waals surface area (Å²) < 4.78 is 17.7. The molecule has 1 heterocycles. The van der Waals surface area contributed by atoms with Gasteiger partial charge in [-0.2, -0.15) is 0 Å². The normalized spacial score (nSPS) is 10.2. The number of benzene rings is 1. The molecule has 0 aliphatic rings. The number of carbonyl (C=O) groups excluding carboxylic acids is 1. The van der Waals surface area contributed by atoms with Crippen molar-refractivity contribution >= 4 is 11.8 Å². The number of esters is 1. The molecule has 0 radical (unpaired) electrons. The van der Waals surface area contributed by atoms with Crippen molar-refractivity contribution < 1.29 is 13.9 Å². The SMILES string of the molecule is COC(=O)c1ccc(NCCc2cccc(F)c2)nc1C. The number of pyridine rings is 1. The lowest BCUT2D eigenvalue weighted by Gasteiger charge is -2.08. The van der Waals surface area contributed by atoms with E-state index in [2.05, 4.69) is 15.0 Å². The summed E-state index contributed by atoms with van der Waals surface area (Å²) in [5, 5.41) is 3.15. The van der Waals surface area contributed by atoms with Crippen molar-refractivity contribution in [2.24, 2.45) is 0 Å². The zero-order valence-electron chi connectivity index (χ0n) is 12.0. The Balaban J connectivity index is 1.95. The second-order valence-electron chi connectivity index (χ2n) is 4.63. The molecule has 0 fully saturated rings. The quantitative estimate of drug-likeness (QED) is 0.859. The third-order valence-corrected chi connectivity index (χ3v) is 3.10. The zero-order chi connectivity index (χ0) is 15.2. The van der Waals surface area contributed by atoms with Gasteiger partial charge in [-0.15, -0.1) is 0 Å². The number of hydrogen-bond acceptors (Lipinski definition) is 4. The number of carbonyl (C=O) groups is 1. The van der Waals surface area contributed by atoms with Crippen LogP contribution in [0.4, 0.5) is 10.2 Å². The zero-order valence-corrected chi connectivity index (χ0v) is 12.0. The number of halogens is 1. The van der Waals surface area contributed by atoms with Crippen LogP contribution >= 0.6 is 0 Å². The first-order valence-electron chi connectivity index (χ1n) is 6.64. The van der Waals surface area contributed by atoms with Crippen LogP contribution in [-0.2, 0) is 11.2 Å². The van der Waals surface area contributed by atoms with Crippen molar-refractivity contribution in [2.45, 2.75) is 13.3 Å². The second-order valence-corrected chi connectivity index (χ2v) is 4.63. The number of hydrogen-bond donors (Lipinski definition) is 1. The highest BCUT2D eigenvalue weighted by molar-refractivity contribution is 5.90. The monoisotopic (exact) mass is 288 g/mol. The lowest BCUT2D eigenvalue weighted by Crippen LogP contribution is -2.10. The highest BCUT2D eigenvalue weighted by Crippen LogP contribution is 2.12. The van der Waals surface area contributed by atoms with Crippen molar-refractivity contribution in [3.05, 3.63) is 59.0 Å². The number of nitrogens with one attached hydrogen (secondary N) is 1. The molecule has 0 bridgehead atoms. The van der Waals surface area contributed by atoms with Gasteiger partial charge in [-0.1, -0.05) is 12.1 Å². The van der Waals surface area contributed by atoms with Crippen LogP contribution in [0.5, 0.6) is 0 Å². The van der Waals surface area contributed by atoms with Crippen LogP contribution in [0, 0.1) is 12.7 Å². The van der Waals surface area contributed by atoms with E-state index in [1.807, 2.05) is 6.07 Å². The molecule has 0 saturated heterocycles. The molecule has 0 saturated carbocycles. The van der Waals surface area contributed by atoms with Gasteiger partial charge in [-0.3, -0.25) is 0 Å². The minimum Gasteiger partial charge on any atom is -0.465 e. The minimum absolute atomic E-state index is 0.232. The van der Waals surface area contributed by atoms with Gasteiger partial charge in [-0.25, -0.2) is 14.2 Å². The van der Waals surface area contributed by atoms with Crippen molar-refractivity contribution in [3.63, 3.8) is 0 Å². The molecule has 1 aromatic heterocycles. The van der Waals surface area contributed by atoms with E-state index in [1.54, 1.807) is 25.1 Å². The van der Waals surface area contributed by atoms with Gasteiger partial charge in [0.05, 0.1) is 18.4 Å². The van der Waals surface area contributed by atoms with Crippen molar-refractivity contribution in [1.82, 2.24) is 4.98 Å². The largest absolute Gasteiger partial charge is 0.465 e. The fraction of sp³-hybridized carbons (Fsp3) is 0.250. The van der Waals surface area contributed by atoms with Gasteiger partial charge in [0.1, 0.15) is 11.6 Å². The Kier molecular flexibility index (Phi) is 4.87. The molecular formula is C16H17FN2O2. The minimum atomic E-state index is -0.397. The molecule has 21 heavy (non-hydrogen) atoms. The average molecular weight is 288 g/mol. The van der Waals surface area contributed by atoms with Gasteiger partial charge >= 0.3 is 5.97 Å². The summed E-state index contributed by atoms with van der Waals surface area (Å²) >= 11 is 0. The summed E-state index contributed by atoms with van der Waals surface area (Å²) in [6.45, 7) is 2.39. The molecule has 0 amide bonds. The molecule has 2 rings (SSSR count).